The first-order valence-electron chi connectivity index (χ1n) is 9.26. The maximum Gasteiger partial charge on any atom is 0.316 e. The zero-order chi connectivity index (χ0) is 21.0. The molecule has 1 aliphatic carbocycles. The molecule has 0 amide bonds. The molecule has 1 fully saturated rings. The molecule has 8 nitrogen and oxygen atoms in total. The Bertz CT molecular complexity index is 500. The van der Waals surface area contributed by atoms with Crippen molar-refractivity contribution in [1.29, 1.82) is 0 Å². The Labute approximate surface area is 160 Å². The Morgan fingerprint density at radius 1 is 1.00 bits per heavy atom. The van der Waals surface area contributed by atoms with E-state index in [1.54, 1.807) is 0 Å². The molecular weight excluding hydrogens is 356 g/mol. The zero-order valence-electron chi connectivity index (χ0n) is 16.6. The molecule has 0 radical (unpaired) electrons. The monoisotopic (exact) mass is 388 g/mol. The number of carboxylic acid groups (broad SMARTS) is 2. The van der Waals surface area contributed by atoms with Crippen LogP contribution in [-0.4, -0.2) is 47.3 Å². The molecule has 0 aliphatic heterocycles. The lowest BCUT2D eigenvalue weighted by atomic mass is 9.75. The summed E-state index contributed by atoms with van der Waals surface area (Å²) in [5.41, 5.74) is 0. The number of hydrogen-bond acceptors (Lipinski definition) is 6. The van der Waals surface area contributed by atoms with Crippen LogP contribution < -0.4 is 0 Å². The van der Waals surface area contributed by atoms with Gasteiger partial charge in [-0.05, 0) is 37.0 Å². The second-order valence-electron chi connectivity index (χ2n) is 7.25. The largest absolute Gasteiger partial charge is 0.481 e. The summed E-state index contributed by atoms with van der Waals surface area (Å²) in [5, 5.41) is 16.5. The number of rotatable bonds is 8. The van der Waals surface area contributed by atoms with E-state index in [-0.39, 0.29) is 24.9 Å². The lowest BCUT2D eigenvalue weighted by molar-refractivity contribution is -0.156. The summed E-state index contributed by atoms with van der Waals surface area (Å²) in [6.07, 6.45) is 3.32. The molecular formula is C19H32O8. The van der Waals surface area contributed by atoms with Gasteiger partial charge in [-0.3, -0.25) is 19.2 Å². The van der Waals surface area contributed by atoms with Crippen LogP contribution in [0.1, 0.15) is 65.7 Å². The van der Waals surface area contributed by atoms with Gasteiger partial charge in [0.1, 0.15) is 12.5 Å². The average molecular weight is 388 g/mol. The molecule has 27 heavy (non-hydrogen) atoms. The fourth-order valence-electron chi connectivity index (χ4n) is 3.06. The van der Waals surface area contributed by atoms with Crippen molar-refractivity contribution in [2.45, 2.75) is 71.8 Å². The normalized spacial score (nSPS) is 21.6. The van der Waals surface area contributed by atoms with Gasteiger partial charge in [0, 0.05) is 12.8 Å². The van der Waals surface area contributed by atoms with Crippen molar-refractivity contribution in [1.82, 2.24) is 0 Å². The van der Waals surface area contributed by atoms with E-state index < -0.39 is 24.3 Å². The fraction of sp³-hybridized carbons (Fsp3) is 0.789. The Balaban J connectivity index is 0.000000713. The predicted molar refractivity (Wildman–Crippen MR) is 97.0 cm³/mol. The van der Waals surface area contributed by atoms with Crippen LogP contribution in [0.2, 0.25) is 0 Å². The molecule has 0 aromatic rings. The van der Waals surface area contributed by atoms with Crippen LogP contribution in [0.25, 0.3) is 0 Å². The lowest BCUT2D eigenvalue weighted by Crippen LogP contribution is -2.35. The summed E-state index contributed by atoms with van der Waals surface area (Å²) < 4.78 is 9.63. The topological polar surface area (TPSA) is 127 Å². The van der Waals surface area contributed by atoms with Gasteiger partial charge in [-0.2, -0.15) is 0 Å². The molecule has 0 aromatic carbocycles. The molecule has 1 aliphatic rings. The fourth-order valence-corrected chi connectivity index (χ4v) is 3.06. The third kappa shape index (κ3) is 12.0. The Morgan fingerprint density at radius 2 is 1.63 bits per heavy atom. The van der Waals surface area contributed by atoms with Crippen molar-refractivity contribution in [2.75, 3.05) is 7.11 Å². The first-order valence-corrected chi connectivity index (χ1v) is 9.26. The second-order valence-corrected chi connectivity index (χ2v) is 7.25. The number of carbonyl (C=O) groups excluding carboxylic acids is 2. The van der Waals surface area contributed by atoms with Gasteiger partial charge in [0.15, 0.2) is 0 Å². The van der Waals surface area contributed by atoms with E-state index in [1.165, 1.54) is 6.42 Å². The quantitative estimate of drug-likeness (QED) is 0.480. The van der Waals surface area contributed by atoms with E-state index in [1.807, 2.05) is 0 Å². The van der Waals surface area contributed by atoms with Gasteiger partial charge in [0.05, 0.1) is 7.11 Å². The second kappa shape index (κ2) is 13.1. The van der Waals surface area contributed by atoms with Gasteiger partial charge in [-0.25, -0.2) is 0 Å². The molecule has 8 heteroatoms. The van der Waals surface area contributed by atoms with Crippen LogP contribution in [0, 0.1) is 17.8 Å². The van der Waals surface area contributed by atoms with Gasteiger partial charge in [-0.1, -0.05) is 27.2 Å². The highest BCUT2D eigenvalue weighted by atomic mass is 16.5. The lowest BCUT2D eigenvalue weighted by Gasteiger charge is -2.36. The summed E-state index contributed by atoms with van der Waals surface area (Å²) in [4.78, 5) is 41.8. The highest BCUT2D eigenvalue weighted by Crippen LogP contribution is 2.35. The van der Waals surface area contributed by atoms with Crippen molar-refractivity contribution in [2.24, 2.45) is 17.8 Å². The van der Waals surface area contributed by atoms with Crippen molar-refractivity contribution in [3.05, 3.63) is 0 Å². The highest BCUT2D eigenvalue weighted by molar-refractivity contribution is 5.89. The summed E-state index contributed by atoms with van der Waals surface area (Å²) >= 11 is 0. The molecule has 0 aromatic heterocycles. The number of carboxylic acids is 2. The van der Waals surface area contributed by atoms with E-state index in [9.17, 15) is 19.2 Å². The molecule has 0 saturated heterocycles. The van der Waals surface area contributed by atoms with Crippen molar-refractivity contribution >= 4 is 23.9 Å². The summed E-state index contributed by atoms with van der Waals surface area (Å²) in [6.45, 7) is 6.54. The number of carbonyl (C=O) groups is 4. The Morgan fingerprint density at radius 3 is 2.07 bits per heavy atom. The van der Waals surface area contributed by atoms with Crippen LogP contribution in [0.5, 0.6) is 0 Å². The van der Waals surface area contributed by atoms with E-state index >= 15 is 0 Å². The van der Waals surface area contributed by atoms with Gasteiger partial charge in [0.25, 0.3) is 0 Å². The van der Waals surface area contributed by atoms with Crippen LogP contribution in [-0.2, 0) is 28.7 Å². The van der Waals surface area contributed by atoms with Gasteiger partial charge < -0.3 is 19.7 Å². The van der Waals surface area contributed by atoms with Crippen LogP contribution >= 0.6 is 0 Å². The van der Waals surface area contributed by atoms with Crippen molar-refractivity contribution in [3.63, 3.8) is 0 Å². The van der Waals surface area contributed by atoms with Crippen molar-refractivity contribution < 1.29 is 38.9 Å². The van der Waals surface area contributed by atoms with Crippen LogP contribution in [0.4, 0.5) is 0 Å². The first-order chi connectivity index (χ1) is 12.6. The Hall–Kier alpha value is -2.12. The molecule has 1 rings (SSSR count). The molecule has 3 unspecified atom stereocenters. The molecule has 0 heterocycles. The van der Waals surface area contributed by atoms with Gasteiger partial charge in [0.2, 0.25) is 0 Å². The smallest absolute Gasteiger partial charge is 0.316 e. The van der Waals surface area contributed by atoms with Crippen molar-refractivity contribution in [3.8, 4) is 0 Å². The number of ether oxygens (including phenoxy) is 2. The third-order valence-corrected chi connectivity index (χ3v) is 4.54. The molecule has 1 saturated carbocycles. The Kier molecular flexibility index (Phi) is 12.1. The SMILES string of the molecule is CC1CCC(C(C)C)C(OC(=O)CCCC(=O)O)C1.COC(=O)CC(=O)O. The van der Waals surface area contributed by atoms with E-state index in [2.05, 4.69) is 25.5 Å². The minimum atomic E-state index is -1.17. The van der Waals surface area contributed by atoms with E-state index in [0.717, 1.165) is 20.0 Å². The summed E-state index contributed by atoms with van der Waals surface area (Å²) in [5.74, 6) is -1.43. The maximum absolute atomic E-state index is 11.8. The average Bonchev–Trinajstić information content (AvgIpc) is 2.54. The van der Waals surface area contributed by atoms with Gasteiger partial charge >= 0.3 is 23.9 Å². The van der Waals surface area contributed by atoms with Gasteiger partial charge in [-0.15, -0.1) is 0 Å². The highest BCUT2D eigenvalue weighted by Gasteiger charge is 2.33. The predicted octanol–water partition coefficient (Wildman–Crippen LogP) is 2.88. The minimum absolute atomic E-state index is 0.0149. The number of methoxy groups -OCH3 is 1. The zero-order valence-corrected chi connectivity index (χ0v) is 16.6. The van der Waals surface area contributed by atoms with E-state index in [0.29, 0.717) is 24.2 Å². The standard InChI is InChI=1S/C15H26O4.C4H6O4/c1-10(2)12-8-7-11(3)9-13(12)19-15(18)6-4-5-14(16)17;1-8-4(7)2-3(5)6/h10-13H,4-9H2,1-3H3,(H,16,17);2H2,1H3,(H,5,6). The number of aliphatic carboxylic acids is 2. The first kappa shape index (κ1) is 24.9. The molecule has 0 spiro atoms. The molecule has 3 atom stereocenters. The molecule has 156 valence electrons. The third-order valence-electron chi connectivity index (χ3n) is 4.54. The number of esters is 2. The van der Waals surface area contributed by atoms with Crippen LogP contribution in [0.15, 0.2) is 0 Å². The van der Waals surface area contributed by atoms with Crippen LogP contribution in [0.3, 0.4) is 0 Å². The number of hydrogen-bond donors (Lipinski definition) is 2. The minimum Gasteiger partial charge on any atom is -0.481 e. The maximum atomic E-state index is 11.8. The summed E-state index contributed by atoms with van der Waals surface area (Å²) in [7, 11) is 1.14. The molecule has 2 N–H and O–H groups in total. The molecule has 0 bridgehead atoms. The van der Waals surface area contributed by atoms with E-state index in [4.69, 9.17) is 14.9 Å². The summed E-state index contributed by atoms with van der Waals surface area (Å²) in [6, 6.07) is 0.